The summed E-state index contributed by atoms with van der Waals surface area (Å²) in [5.41, 5.74) is 5.01. The van der Waals surface area contributed by atoms with Gasteiger partial charge < -0.3 is 15.2 Å². The minimum Gasteiger partial charge on any atom is -0.464 e. The molecule has 0 aromatic carbocycles. The highest BCUT2D eigenvalue weighted by molar-refractivity contribution is 5.79. The van der Waals surface area contributed by atoms with Crippen LogP contribution in [0.2, 0.25) is 0 Å². The third-order valence-corrected chi connectivity index (χ3v) is 2.71. The van der Waals surface area contributed by atoms with Crippen LogP contribution in [0.4, 0.5) is 0 Å². The first-order chi connectivity index (χ1) is 7.06. The molecule has 0 spiro atoms. The summed E-state index contributed by atoms with van der Waals surface area (Å²) in [7, 11) is 0. The van der Waals surface area contributed by atoms with E-state index < -0.39 is 5.54 Å². The van der Waals surface area contributed by atoms with Crippen molar-refractivity contribution in [2.24, 2.45) is 11.7 Å². The molecule has 1 aliphatic rings. The van der Waals surface area contributed by atoms with Crippen LogP contribution in [0.5, 0.6) is 0 Å². The van der Waals surface area contributed by atoms with Crippen LogP contribution in [0.25, 0.3) is 0 Å². The maximum Gasteiger partial charge on any atom is 0.325 e. The Kier molecular flexibility index (Phi) is 4.54. The maximum atomic E-state index is 11.6. The standard InChI is InChI=1S/C11H21NO3/c1-3-5-11(2,12)10(13)15-8-9-4-6-14-7-9/h9H,3-8,12H2,1-2H3. The minimum atomic E-state index is -0.839. The van der Waals surface area contributed by atoms with Crippen LogP contribution in [0, 0.1) is 5.92 Å². The average molecular weight is 215 g/mol. The maximum absolute atomic E-state index is 11.6. The number of ether oxygens (including phenoxy) is 2. The van der Waals surface area contributed by atoms with E-state index in [9.17, 15) is 4.79 Å². The van der Waals surface area contributed by atoms with E-state index in [1.807, 2.05) is 6.92 Å². The molecule has 1 saturated heterocycles. The molecule has 2 N–H and O–H groups in total. The van der Waals surface area contributed by atoms with Crippen LogP contribution in [0.3, 0.4) is 0 Å². The second kappa shape index (κ2) is 5.47. The van der Waals surface area contributed by atoms with E-state index in [-0.39, 0.29) is 5.97 Å². The summed E-state index contributed by atoms with van der Waals surface area (Å²) in [6, 6.07) is 0. The Labute approximate surface area is 91.1 Å². The van der Waals surface area contributed by atoms with Crippen LogP contribution in [0.1, 0.15) is 33.1 Å². The Hall–Kier alpha value is -0.610. The van der Waals surface area contributed by atoms with Crippen molar-refractivity contribution in [1.82, 2.24) is 0 Å². The molecule has 15 heavy (non-hydrogen) atoms. The molecular weight excluding hydrogens is 194 g/mol. The number of nitrogens with two attached hydrogens (primary N) is 1. The molecule has 0 radical (unpaired) electrons. The van der Waals surface area contributed by atoms with Crippen molar-refractivity contribution in [3.05, 3.63) is 0 Å². The van der Waals surface area contributed by atoms with E-state index in [4.69, 9.17) is 15.2 Å². The minimum absolute atomic E-state index is 0.295. The molecule has 0 amide bonds. The predicted octanol–water partition coefficient (Wildman–Crippen LogP) is 1.08. The summed E-state index contributed by atoms with van der Waals surface area (Å²) in [4.78, 5) is 11.6. The van der Waals surface area contributed by atoms with E-state index in [1.54, 1.807) is 6.92 Å². The topological polar surface area (TPSA) is 61.6 Å². The fourth-order valence-corrected chi connectivity index (χ4v) is 1.69. The van der Waals surface area contributed by atoms with Gasteiger partial charge in [-0.1, -0.05) is 13.3 Å². The number of esters is 1. The van der Waals surface area contributed by atoms with Gasteiger partial charge in [0, 0.05) is 12.5 Å². The molecule has 1 aliphatic heterocycles. The molecule has 4 nitrogen and oxygen atoms in total. The van der Waals surface area contributed by atoms with Gasteiger partial charge in [-0.3, -0.25) is 4.79 Å². The SMILES string of the molecule is CCCC(C)(N)C(=O)OCC1CCOC1. The molecule has 2 unspecified atom stereocenters. The van der Waals surface area contributed by atoms with Gasteiger partial charge in [-0.25, -0.2) is 0 Å². The first-order valence-corrected chi connectivity index (χ1v) is 5.60. The summed E-state index contributed by atoms with van der Waals surface area (Å²) in [5, 5.41) is 0. The fourth-order valence-electron chi connectivity index (χ4n) is 1.69. The number of rotatable bonds is 5. The Balaban J connectivity index is 2.27. The van der Waals surface area contributed by atoms with Gasteiger partial charge in [0.1, 0.15) is 5.54 Å². The van der Waals surface area contributed by atoms with Gasteiger partial charge in [-0.2, -0.15) is 0 Å². The summed E-state index contributed by atoms with van der Waals surface area (Å²) in [6.07, 6.45) is 2.52. The number of carbonyl (C=O) groups excluding carboxylic acids is 1. The molecule has 2 atom stereocenters. The van der Waals surface area contributed by atoms with Crippen molar-refractivity contribution < 1.29 is 14.3 Å². The van der Waals surface area contributed by atoms with Gasteiger partial charge >= 0.3 is 5.97 Å². The Morgan fingerprint density at radius 2 is 2.40 bits per heavy atom. The van der Waals surface area contributed by atoms with Gasteiger partial charge in [0.05, 0.1) is 13.2 Å². The lowest BCUT2D eigenvalue weighted by molar-refractivity contribution is -0.151. The number of hydrogen-bond donors (Lipinski definition) is 1. The first-order valence-electron chi connectivity index (χ1n) is 5.60. The summed E-state index contributed by atoms with van der Waals surface area (Å²) in [5.74, 6) is 0.0580. The highest BCUT2D eigenvalue weighted by Crippen LogP contribution is 2.15. The molecule has 0 saturated carbocycles. The highest BCUT2D eigenvalue weighted by atomic mass is 16.5. The summed E-state index contributed by atoms with van der Waals surface area (Å²) < 4.78 is 10.4. The van der Waals surface area contributed by atoms with E-state index >= 15 is 0 Å². The van der Waals surface area contributed by atoms with Gasteiger partial charge in [0.25, 0.3) is 0 Å². The molecule has 1 rings (SSSR count). The van der Waals surface area contributed by atoms with E-state index in [0.717, 1.165) is 19.4 Å². The second-order valence-electron chi connectivity index (χ2n) is 4.50. The third-order valence-electron chi connectivity index (χ3n) is 2.71. The van der Waals surface area contributed by atoms with E-state index in [1.165, 1.54) is 0 Å². The van der Waals surface area contributed by atoms with Crippen LogP contribution in [-0.4, -0.2) is 31.3 Å². The summed E-state index contributed by atoms with van der Waals surface area (Å²) in [6.45, 7) is 5.64. The average Bonchev–Trinajstić information content (AvgIpc) is 2.66. The quantitative estimate of drug-likeness (QED) is 0.697. The zero-order valence-corrected chi connectivity index (χ0v) is 9.62. The lowest BCUT2D eigenvalue weighted by atomic mass is 9.98. The number of hydrogen-bond acceptors (Lipinski definition) is 4. The lowest BCUT2D eigenvalue weighted by Crippen LogP contribution is -2.46. The van der Waals surface area contributed by atoms with Gasteiger partial charge in [0.2, 0.25) is 0 Å². The largest absolute Gasteiger partial charge is 0.464 e. The van der Waals surface area contributed by atoms with Crippen LogP contribution in [0.15, 0.2) is 0 Å². The Morgan fingerprint density at radius 1 is 1.67 bits per heavy atom. The predicted molar refractivity (Wildman–Crippen MR) is 57.4 cm³/mol. The Morgan fingerprint density at radius 3 is 2.93 bits per heavy atom. The second-order valence-corrected chi connectivity index (χ2v) is 4.50. The molecular formula is C11H21NO3. The zero-order valence-electron chi connectivity index (χ0n) is 9.62. The molecule has 0 aliphatic carbocycles. The molecule has 0 aromatic rings. The van der Waals surface area contributed by atoms with Crippen LogP contribution < -0.4 is 5.73 Å². The van der Waals surface area contributed by atoms with Crippen LogP contribution in [-0.2, 0) is 14.3 Å². The molecule has 88 valence electrons. The molecule has 1 fully saturated rings. The molecule has 4 heteroatoms. The number of carbonyl (C=O) groups is 1. The van der Waals surface area contributed by atoms with Crippen molar-refractivity contribution in [3.8, 4) is 0 Å². The smallest absolute Gasteiger partial charge is 0.325 e. The normalized spacial score (nSPS) is 24.9. The van der Waals surface area contributed by atoms with Gasteiger partial charge in [-0.15, -0.1) is 0 Å². The van der Waals surface area contributed by atoms with Gasteiger partial charge in [-0.05, 0) is 19.8 Å². The van der Waals surface area contributed by atoms with E-state index in [2.05, 4.69) is 0 Å². The van der Waals surface area contributed by atoms with Crippen LogP contribution >= 0.6 is 0 Å². The lowest BCUT2D eigenvalue weighted by Gasteiger charge is -2.22. The summed E-state index contributed by atoms with van der Waals surface area (Å²) >= 11 is 0. The molecule has 0 bridgehead atoms. The van der Waals surface area contributed by atoms with Gasteiger partial charge in [0.15, 0.2) is 0 Å². The fraction of sp³-hybridized carbons (Fsp3) is 0.909. The van der Waals surface area contributed by atoms with Crippen molar-refractivity contribution in [2.45, 2.75) is 38.6 Å². The van der Waals surface area contributed by atoms with Crippen molar-refractivity contribution >= 4 is 5.97 Å². The van der Waals surface area contributed by atoms with Crippen molar-refractivity contribution in [2.75, 3.05) is 19.8 Å². The zero-order chi connectivity index (χ0) is 11.3. The van der Waals surface area contributed by atoms with Crippen molar-refractivity contribution in [3.63, 3.8) is 0 Å². The van der Waals surface area contributed by atoms with E-state index in [0.29, 0.717) is 25.6 Å². The Bertz CT molecular complexity index is 210. The molecule has 1 heterocycles. The highest BCUT2D eigenvalue weighted by Gasteiger charge is 2.30. The third kappa shape index (κ3) is 3.80. The molecule has 0 aromatic heterocycles. The monoisotopic (exact) mass is 215 g/mol. The van der Waals surface area contributed by atoms with Crippen molar-refractivity contribution in [1.29, 1.82) is 0 Å². The first kappa shape index (κ1) is 12.5.